The molecule has 100 valence electrons. The van der Waals surface area contributed by atoms with Crippen molar-refractivity contribution in [1.29, 1.82) is 0 Å². The highest BCUT2D eigenvalue weighted by Crippen LogP contribution is 2.27. The Morgan fingerprint density at radius 3 is 3.33 bits per heavy atom. The third-order valence-corrected chi connectivity index (χ3v) is 4.20. The van der Waals surface area contributed by atoms with Gasteiger partial charge in [0.25, 0.3) is 0 Å². The van der Waals surface area contributed by atoms with Crippen molar-refractivity contribution in [2.45, 2.75) is 44.5 Å². The van der Waals surface area contributed by atoms with Crippen molar-refractivity contribution in [3.63, 3.8) is 0 Å². The van der Waals surface area contributed by atoms with Crippen LogP contribution < -0.4 is 5.73 Å². The average molecular weight is 250 g/mol. The topological polar surface area (TPSA) is 56.3 Å². The van der Waals surface area contributed by atoms with Crippen LogP contribution >= 0.6 is 0 Å². The van der Waals surface area contributed by atoms with Crippen molar-refractivity contribution in [2.24, 2.45) is 5.73 Å². The summed E-state index contributed by atoms with van der Waals surface area (Å²) >= 11 is 0. The molecule has 0 bridgehead atoms. The Kier molecular flexibility index (Phi) is 3.37. The Morgan fingerprint density at radius 1 is 1.61 bits per heavy atom. The summed E-state index contributed by atoms with van der Waals surface area (Å²) in [5.74, 6) is 0.945. The van der Waals surface area contributed by atoms with E-state index in [0.717, 1.165) is 25.5 Å². The van der Waals surface area contributed by atoms with Crippen LogP contribution in [0, 0.1) is 0 Å². The number of aromatic nitrogens is 2. The van der Waals surface area contributed by atoms with Crippen LogP contribution in [0.3, 0.4) is 0 Å². The van der Waals surface area contributed by atoms with Gasteiger partial charge in [0.05, 0.1) is 18.8 Å². The largest absolute Gasteiger partial charge is 0.373 e. The molecule has 0 radical (unpaired) electrons. The minimum atomic E-state index is -0.124. The Hall–Kier alpha value is -0.910. The van der Waals surface area contributed by atoms with Gasteiger partial charge >= 0.3 is 0 Å². The molecule has 0 amide bonds. The van der Waals surface area contributed by atoms with Gasteiger partial charge in [-0.3, -0.25) is 4.90 Å². The maximum absolute atomic E-state index is 6.34. The highest BCUT2D eigenvalue weighted by molar-refractivity contribution is 5.03. The molecule has 5 heteroatoms. The third-order valence-electron chi connectivity index (χ3n) is 4.20. The Bertz CT molecular complexity index is 405. The lowest BCUT2D eigenvalue weighted by molar-refractivity contribution is -0.0611. The number of aryl methyl sites for hydroxylation is 1. The van der Waals surface area contributed by atoms with Crippen molar-refractivity contribution in [1.82, 2.24) is 14.5 Å². The van der Waals surface area contributed by atoms with E-state index in [0.29, 0.717) is 6.04 Å². The summed E-state index contributed by atoms with van der Waals surface area (Å²) in [5, 5.41) is 0. The first-order valence-electron chi connectivity index (χ1n) is 6.92. The summed E-state index contributed by atoms with van der Waals surface area (Å²) in [6, 6.07) is 0.501. The van der Waals surface area contributed by atoms with E-state index < -0.39 is 0 Å². The maximum Gasteiger partial charge on any atom is 0.128 e. The molecule has 3 atom stereocenters. The lowest BCUT2D eigenvalue weighted by Crippen LogP contribution is -2.50. The molecule has 3 heterocycles. The first kappa shape index (κ1) is 12.1. The lowest BCUT2D eigenvalue weighted by atomic mass is 10.1. The number of morpholine rings is 1. The van der Waals surface area contributed by atoms with Crippen molar-refractivity contribution in [2.75, 3.05) is 19.7 Å². The second-order valence-corrected chi connectivity index (χ2v) is 5.26. The molecule has 3 rings (SSSR count). The van der Waals surface area contributed by atoms with Gasteiger partial charge < -0.3 is 15.0 Å². The summed E-state index contributed by atoms with van der Waals surface area (Å²) in [6.07, 6.45) is 6.44. The van der Waals surface area contributed by atoms with Crippen molar-refractivity contribution in [3.05, 3.63) is 18.2 Å². The van der Waals surface area contributed by atoms with E-state index in [2.05, 4.69) is 21.4 Å². The molecular formula is C13H22N4O. The molecule has 1 aromatic rings. The molecule has 0 spiro atoms. The standard InChI is InChI=1S/C13H22N4O/c1-2-16-7-5-15-13(16)12(14)11-8-17-6-3-4-10(17)9-18-11/h5,7,10-12H,2-4,6,8-9,14H2,1H3. The summed E-state index contributed by atoms with van der Waals surface area (Å²) in [6.45, 7) is 5.98. The fourth-order valence-corrected chi connectivity index (χ4v) is 3.11. The van der Waals surface area contributed by atoms with Crippen LogP contribution in [0.4, 0.5) is 0 Å². The molecule has 1 aromatic heterocycles. The molecular weight excluding hydrogens is 228 g/mol. The van der Waals surface area contributed by atoms with Gasteiger partial charge in [0, 0.05) is 31.5 Å². The third kappa shape index (κ3) is 2.06. The zero-order valence-corrected chi connectivity index (χ0v) is 11.0. The molecule has 2 N–H and O–H groups in total. The number of rotatable bonds is 3. The molecule has 0 aromatic carbocycles. The number of ether oxygens (including phenoxy) is 1. The van der Waals surface area contributed by atoms with Gasteiger partial charge in [-0.25, -0.2) is 4.98 Å². The summed E-state index contributed by atoms with van der Waals surface area (Å²) in [5.41, 5.74) is 6.34. The van der Waals surface area contributed by atoms with Crippen LogP contribution in [0.25, 0.3) is 0 Å². The van der Waals surface area contributed by atoms with Crippen molar-refractivity contribution in [3.8, 4) is 0 Å². The Labute approximate surface area is 108 Å². The number of hydrogen-bond donors (Lipinski definition) is 1. The number of nitrogens with zero attached hydrogens (tertiary/aromatic N) is 3. The summed E-state index contributed by atoms with van der Waals surface area (Å²) in [7, 11) is 0. The molecule has 0 aliphatic carbocycles. The normalized spacial score (nSPS) is 30.3. The molecule has 0 saturated carbocycles. The van der Waals surface area contributed by atoms with E-state index in [-0.39, 0.29) is 12.1 Å². The molecule has 2 fully saturated rings. The molecule has 5 nitrogen and oxygen atoms in total. The van der Waals surface area contributed by atoms with Crippen molar-refractivity contribution >= 4 is 0 Å². The van der Waals surface area contributed by atoms with Crippen LogP contribution in [-0.4, -0.2) is 46.3 Å². The van der Waals surface area contributed by atoms with Gasteiger partial charge in [-0.2, -0.15) is 0 Å². The monoisotopic (exact) mass is 250 g/mol. The smallest absolute Gasteiger partial charge is 0.128 e. The zero-order valence-electron chi connectivity index (χ0n) is 11.0. The van der Waals surface area contributed by atoms with Crippen LogP contribution in [0.15, 0.2) is 12.4 Å². The first-order valence-corrected chi connectivity index (χ1v) is 6.92. The molecule has 2 aliphatic heterocycles. The van der Waals surface area contributed by atoms with Crippen molar-refractivity contribution < 1.29 is 4.74 Å². The SMILES string of the molecule is CCn1ccnc1C(N)C1CN2CCCC2CO1. The van der Waals surface area contributed by atoms with Gasteiger partial charge in [-0.15, -0.1) is 0 Å². The highest BCUT2D eigenvalue weighted by atomic mass is 16.5. The van der Waals surface area contributed by atoms with Gasteiger partial charge in [-0.05, 0) is 26.3 Å². The molecule has 2 saturated heterocycles. The highest BCUT2D eigenvalue weighted by Gasteiger charge is 2.36. The predicted molar refractivity (Wildman–Crippen MR) is 69.2 cm³/mol. The van der Waals surface area contributed by atoms with Crippen LogP contribution in [0.5, 0.6) is 0 Å². The van der Waals surface area contributed by atoms with E-state index in [1.807, 2.05) is 12.4 Å². The van der Waals surface area contributed by atoms with Gasteiger partial charge in [0.15, 0.2) is 0 Å². The minimum Gasteiger partial charge on any atom is -0.373 e. The maximum atomic E-state index is 6.34. The number of nitrogens with two attached hydrogens (primary N) is 1. The average Bonchev–Trinajstić information content (AvgIpc) is 3.05. The predicted octanol–water partition coefficient (Wildman–Crippen LogP) is 0.766. The molecule has 2 aliphatic rings. The Morgan fingerprint density at radius 2 is 2.50 bits per heavy atom. The van der Waals surface area contributed by atoms with E-state index in [1.54, 1.807) is 0 Å². The van der Waals surface area contributed by atoms with E-state index >= 15 is 0 Å². The van der Waals surface area contributed by atoms with Crippen LogP contribution in [0.1, 0.15) is 31.6 Å². The minimum absolute atomic E-state index is 0.0760. The Balaban J connectivity index is 1.71. The number of imidazole rings is 1. The molecule has 3 unspecified atom stereocenters. The number of hydrogen-bond acceptors (Lipinski definition) is 4. The second-order valence-electron chi connectivity index (χ2n) is 5.26. The van der Waals surface area contributed by atoms with E-state index in [4.69, 9.17) is 10.5 Å². The quantitative estimate of drug-likeness (QED) is 0.861. The second kappa shape index (κ2) is 4.99. The fourth-order valence-electron chi connectivity index (χ4n) is 3.11. The fraction of sp³-hybridized carbons (Fsp3) is 0.769. The van der Waals surface area contributed by atoms with E-state index in [1.165, 1.54) is 19.4 Å². The summed E-state index contributed by atoms with van der Waals surface area (Å²) in [4.78, 5) is 6.91. The molecule has 18 heavy (non-hydrogen) atoms. The van der Waals surface area contributed by atoms with Crippen LogP contribution in [-0.2, 0) is 11.3 Å². The van der Waals surface area contributed by atoms with Gasteiger partial charge in [0.1, 0.15) is 5.82 Å². The number of fused-ring (bicyclic) bond motifs is 1. The lowest BCUT2D eigenvalue weighted by Gasteiger charge is -2.37. The zero-order chi connectivity index (χ0) is 12.5. The van der Waals surface area contributed by atoms with E-state index in [9.17, 15) is 0 Å². The first-order chi connectivity index (χ1) is 8.79. The van der Waals surface area contributed by atoms with Gasteiger partial charge in [-0.1, -0.05) is 0 Å². The van der Waals surface area contributed by atoms with Gasteiger partial charge in [0.2, 0.25) is 0 Å². The van der Waals surface area contributed by atoms with Crippen LogP contribution in [0.2, 0.25) is 0 Å². The summed E-state index contributed by atoms with van der Waals surface area (Å²) < 4.78 is 8.06.